The van der Waals surface area contributed by atoms with E-state index in [1.165, 1.54) is 68.0 Å². The van der Waals surface area contributed by atoms with Gasteiger partial charge >= 0.3 is 21.1 Å². The maximum atomic E-state index is 13.1. The molecule has 0 radical (unpaired) electrons. The van der Waals surface area contributed by atoms with Crippen molar-refractivity contribution in [3.63, 3.8) is 0 Å². The van der Waals surface area contributed by atoms with Crippen LogP contribution in [-0.2, 0) is 27.9 Å². The van der Waals surface area contributed by atoms with E-state index < -0.39 is 56.1 Å². The highest BCUT2D eigenvalue weighted by atomic mass is 79.9. The second-order valence-electron chi connectivity index (χ2n) is 23.2. The highest BCUT2D eigenvalue weighted by molar-refractivity contribution is 9.10. The van der Waals surface area contributed by atoms with Gasteiger partial charge in [0.2, 0.25) is 23.8 Å². The first kappa shape index (κ1) is 70.4. The normalized spacial score (nSPS) is 16.7. The molecule has 3 saturated heterocycles. The van der Waals surface area contributed by atoms with Gasteiger partial charge in [-0.3, -0.25) is 0 Å². The molecule has 0 aromatic carbocycles. The number of rotatable bonds is 4. The molecule has 0 saturated carbocycles. The number of nitrogen functional groups attached to an aromatic ring is 3. The lowest BCUT2D eigenvalue weighted by atomic mass is 9.49. The second kappa shape index (κ2) is 28.6. The third-order valence-corrected chi connectivity index (χ3v) is 16.0. The molecule has 474 valence electrons. The average molecular weight is 1330 g/mol. The van der Waals surface area contributed by atoms with Crippen LogP contribution in [0, 0.1) is 23.8 Å². The quantitative estimate of drug-likeness (QED) is 0.0837. The summed E-state index contributed by atoms with van der Waals surface area (Å²) >= 11 is 8.75. The summed E-state index contributed by atoms with van der Waals surface area (Å²) in [6.45, 7) is 24.1. The minimum Gasteiger partial charge on any atom is -0.405 e. The Morgan fingerprint density at radius 2 is 0.725 bits per heavy atom. The minimum absolute atomic E-state index is 0. The first-order valence-corrected chi connectivity index (χ1v) is 28.9. The highest BCUT2D eigenvalue weighted by Crippen LogP contribution is 2.43. The molecule has 0 amide bonds. The summed E-state index contributed by atoms with van der Waals surface area (Å²) < 4.78 is 87.3. The van der Waals surface area contributed by atoms with Crippen LogP contribution in [0.25, 0.3) is 55.6 Å². The summed E-state index contributed by atoms with van der Waals surface area (Å²) in [4.78, 5) is 50.2. The van der Waals surface area contributed by atoms with Crippen molar-refractivity contribution in [3.8, 4) is 22.5 Å². The SMILES string of the molecule is C.CC1(C)OB(B2OC(C)(C)C(C)(C)O2)OC1(C)C.CC1(C)OB(c2ccnc(F)c2)OC1(C)C.Fc1cc(Br)ccn1.Nc1ncnc2ccc(-c3ccnc(F)c3)nc12.Nc1ncnc2ccc(-c3ccnc(F)c3)nc12.Nc1ncnc2ccc(Cl)nc12. The van der Waals surface area contributed by atoms with Crippen LogP contribution in [0.4, 0.5) is 35.0 Å². The van der Waals surface area contributed by atoms with Crippen molar-refractivity contribution in [2.24, 2.45) is 0 Å². The predicted molar refractivity (Wildman–Crippen MR) is 347 cm³/mol. The van der Waals surface area contributed by atoms with Crippen molar-refractivity contribution >= 4 is 105 Å². The molecule has 3 fully saturated rings. The third-order valence-electron chi connectivity index (χ3n) is 15.3. The Morgan fingerprint density at radius 1 is 0.396 bits per heavy atom. The predicted octanol–water partition coefficient (Wildman–Crippen LogP) is 11.3. The van der Waals surface area contributed by atoms with Crippen molar-refractivity contribution in [2.75, 3.05) is 17.2 Å². The smallest absolute Gasteiger partial charge is 0.405 e. The maximum Gasteiger partial charge on any atom is 0.495 e. The van der Waals surface area contributed by atoms with E-state index in [-0.39, 0.29) is 29.8 Å². The Bertz CT molecular complexity index is 3950. The van der Waals surface area contributed by atoms with Gasteiger partial charge in [-0.2, -0.15) is 17.6 Å². The number of pyridine rings is 7. The average Bonchev–Trinajstić information content (AvgIpc) is 1.67. The highest BCUT2D eigenvalue weighted by Gasteiger charge is 2.64. The molecule has 0 bridgehead atoms. The maximum absolute atomic E-state index is 13.1. The summed E-state index contributed by atoms with van der Waals surface area (Å²) in [6.07, 6.45) is 9.75. The number of fused-ring (bicyclic) bond motifs is 3. The topological polar surface area (TPSA) is 301 Å². The van der Waals surface area contributed by atoms with Crippen molar-refractivity contribution in [2.45, 2.75) is 124 Å². The van der Waals surface area contributed by atoms with Crippen LogP contribution >= 0.6 is 27.5 Å². The summed E-state index contributed by atoms with van der Waals surface area (Å²) in [7, 11) is -1.48. The summed E-state index contributed by atoms with van der Waals surface area (Å²) in [6, 6.07) is 22.5. The van der Waals surface area contributed by atoms with Crippen molar-refractivity contribution in [3.05, 3.63) is 162 Å². The first-order chi connectivity index (χ1) is 42.2. The molecule has 13 rings (SSSR count). The van der Waals surface area contributed by atoms with Gasteiger partial charge in [-0.05, 0) is 155 Å². The monoisotopic (exact) mass is 1330 g/mol. The molecular weight excluding hydrogens is 1260 g/mol. The van der Waals surface area contributed by atoms with Gasteiger partial charge in [0.05, 0.1) is 61.5 Å². The molecule has 10 aromatic heterocycles. The number of nitrogens with zero attached hydrogens (tertiary/aromatic N) is 13. The van der Waals surface area contributed by atoms with Gasteiger partial charge in [-0.25, -0.2) is 64.8 Å². The third kappa shape index (κ3) is 17.3. The van der Waals surface area contributed by atoms with Crippen molar-refractivity contribution < 1.29 is 45.5 Å². The van der Waals surface area contributed by atoms with Crippen LogP contribution in [0.15, 0.2) is 133 Å². The fraction of sp³-hybridized carbons (Fsp3) is 0.317. The fourth-order valence-corrected chi connectivity index (χ4v) is 8.67. The Kier molecular flexibility index (Phi) is 22.1. The molecule has 91 heavy (non-hydrogen) atoms. The zero-order valence-electron chi connectivity index (χ0n) is 51.1. The molecular formula is C60H67B3BrClF4N16O6. The summed E-state index contributed by atoms with van der Waals surface area (Å²) in [5, 5.41) is 0.393. The number of aromatic nitrogens is 13. The Balaban J connectivity index is 0.000000157. The van der Waals surface area contributed by atoms with Gasteiger partial charge in [-0.15, -0.1) is 0 Å². The lowest BCUT2D eigenvalue weighted by molar-refractivity contribution is 0.00578. The summed E-state index contributed by atoms with van der Waals surface area (Å²) in [5.74, 6) is -1.12. The summed E-state index contributed by atoms with van der Waals surface area (Å²) in [5.41, 5.74) is 21.5. The molecule has 0 unspecified atom stereocenters. The van der Waals surface area contributed by atoms with Gasteiger partial charge in [0.1, 0.15) is 40.7 Å². The first-order valence-electron chi connectivity index (χ1n) is 27.7. The van der Waals surface area contributed by atoms with Crippen LogP contribution in [0.3, 0.4) is 0 Å². The molecule has 22 nitrogen and oxygen atoms in total. The number of nitrogens with two attached hydrogens (primary N) is 3. The molecule has 6 N–H and O–H groups in total. The van der Waals surface area contributed by atoms with E-state index in [2.05, 4.69) is 80.7 Å². The number of hydrogen-bond acceptors (Lipinski definition) is 22. The van der Waals surface area contributed by atoms with Gasteiger partial charge in [-0.1, -0.05) is 35.0 Å². The zero-order valence-corrected chi connectivity index (χ0v) is 53.5. The number of anilines is 3. The largest absolute Gasteiger partial charge is 0.495 e. The van der Waals surface area contributed by atoms with Gasteiger partial charge in [0, 0.05) is 58.6 Å². The Hall–Kier alpha value is -8.09. The molecule has 31 heteroatoms. The van der Waals surface area contributed by atoms with E-state index in [1.54, 1.807) is 60.7 Å². The van der Waals surface area contributed by atoms with E-state index in [9.17, 15) is 17.6 Å². The van der Waals surface area contributed by atoms with Crippen LogP contribution in [-0.4, -0.2) is 120 Å². The lowest BCUT2D eigenvalue weighted by Crippen LogP contribution is -2.41. The Labute approximate surface area is 538 Å². The van der Waals surface area contributed by atoms with Gasteiger partial charge in [0.15, 0.2) is 17.5 Å². The van der Waals surface area contributed by atoms with E-state index in [0.717, 1.165) is 0 Å². The molecule has 13 heterocycles. The van der Waals surface area contributed by atoms with E-state index in [0.29, 0.717) is 88.2 Å². The Morgan fingerprint density at radius 3 is 1.08 bits per heavy atom. The van der Waals surface area contributed by atoms with E-state index >= 15 is 0 Å². The molecule has 3 aliphatic heterocycles. The molecule has 0 atom stereocenters. The second-order valence-corrected chi connectivity index (χ2v) is 24.5. The molecule has 0 aliphatic carbocycles. The molecule has 10 aromatic rings. The van der Waals surface area contributed by atoms with Crippen LogP contribution in [0.1, 0.15) is 90.5 Å². The number of hydrogen-bond donors (Lipinski definition) is 3. The van der Waals surface area contributed by atoms with Crippen molar-refractivity contribution in [1.29, 1.82) is 0 Å². The lowest BCUT2D eigenvalue weighted by Gasteiger charge is -2.32. The number of halogens is 6. The molecule has 3 aliphatic rings. The molecule has 0 spiro atoms. The van der Waals surface area contributed by atoms with E-state index in [4.69, 9.17) is 56.7 Å². The van der Waals surface area contributed by atoms with Crippen LogP contribution in [0.5, 0.6) is 0 Å². The van der Waals surface area contributed by atoms with E-state index in [1.807, 2.05) is 83.1 Å². The van der Waals surface area contributed by atoms with Gasteiger partial charge < -0.3 is 45.1 Å². The fourth-order valence-electron chi connectivity index (χ4n) is 8.22. The minimum atomic E-state index is -0.549. The van der Waals surface area contributed by atoms with Crippen LogP contribution < -0.4 is 22.7 Å². The zero-order chi connectivity index (χ0) is 65.6. The van der Waals surface area contributed by atoms with Gasteiger partial charge in [0.25, 0.3) is 0 Å². The van der Waals surface area contributed by atoms with Crippen molar-refractivity contribution in [1.82, 2.24) is 64.8 Å². The van der Waals surface area contributed by atoms with Crippen LogP contribution in [0.2, 0.25) is 5.15 Å². The standard InChI is InChI=1S/C12H24B2O4.2C12H8FN5.C11H15BFNO2.C7H5ClN4.C5H3BrFN.CH4/c1-9(2)10(3,4)16-13(15-9)14-17-11(5,6)12(7,8)18-14;2*13-10-5-7(3-4-15-10)8-1-2-9-11(18-8)12(14)17-6-16-9;1-10(2)11(3,4)16-12(15-10)8-5-6-14-9(13)7-8;8-5-2-1-4-6(12-5)7(9)11-3-10-4;6-4-1-2-8-5(7)3-4;/h1-8H3;2*1-6H,(H2,14,16,17);5-7H,1-4H3;1-3H,(H2,9,10,11);1-3H;1H4.